The molecule has 20 heavy (non-hydrogen) atoms. The third kappa shape index (κ3) is 3.78. The zero-order valence-corrected chi connectivity index (χ0v) is 11.4. The molecule has 0 aliphatic rings. The first-order chi connectivity index (χ1) is 9.70. The number of methoxy groups -OCH3 is 1. The Hall–Kier alpha value is -1.94. The van der Waals surface area contributed by atoms with E-state index in [0.29, 0.717) is 12.0 Å². The molecular formula is C16H18FNO2. The average Bonchev–Trinajstić information content (AvgIpc) is 2.48. The fraction of sp³-hybridized carbons (Fsp3) is 0.312. The predicted molar refractivity (Wildman–Crippen MR) is 75.2 cm³/mol. The summed E-state index contributed by atoms with van der Waals surface area (Å²) < 4.78 is 18.9. The molecule has 1 aromatic heterocycles. The molecular weight excluding hydrogens is 257 g/mol. The number of aromatic nitrogens is 1. The molecule has 0 aliphatic carbocycles. The smallest absolute Gasteiger partial charge is 0.168 e. The highest BCUT2D eigenvalue weighted by Gasteiger charge is 2.12. The van der Waals surface area contributed by atoms with Crippen molar-refractivity contribution in [2.45, 2.75) is 25.4 Å². The second kappa shape index (κ2) is 7.01. The van der Waals surface area contributed by atoms with Crippen molar-refractivity contribution in [2.24, 2.45) is 0 Å². The van der Waals surface area contributed by atoms with Gasteiger partial charge in [0.1, 0.15) is 0 Å². The molecule has 0 aliphatic heterocycles. The summed E-state index contributed by atoms with van der Waals surface area (Å²) in [7, 11) is 1.43. The highest BCUT2D eigenvalue weighted by Crippen LogP contribution is 2.21. The Morgan fingerprint density at radius 2 is 2.00 bits per heavy atom. The number of hydrogen-bond donors (Lipinski definition) is 1. The van der Waals surface area contributed by atoms with Crippen LogP contribution in [0.4, 0.5) is 4.39 Å². The first kappa shape index (κ1) is 14.5. The standard InChI is InChI=1S/C16H18FNO2/c1-20-15-4-2-3-13(16(15)17)11-14(19)6-5-12-7-9-18-10-8-12/h2-4,7-10,14,19H,5-6,11H2,1H3. The second-order valence-corrected chi connectivity index (χ2v) is 4.69. The van der Waals surface area contributed by atoms with E-state index in [9.17, 15) is 9.50 Å². The van der Waals surface area contributed by atoms with Crippen molar-refractivity contribution >= 4 is 0 Å². The monoisotopic (exact) mass is 275 g/mol. The molecule has 2 rings (SSSR count). The van der Waals surface area contributed by atoms with Gasteiger partial charge in [0.25, 0.3) is 0 Å². The summed E-state index contributed by atoms with van der Waals surface area (Å²) in [6.07, 6.45) is 4.49. The fourth-order valence-electron chi connectivity index (χ4n) is 2.11. The van der Waals surface area contributed by atoms with Crippen molar-refractivity contribution in [3.8, 4) is 5.75 Å². The van der Waals surface area contributed by atoms with Gasteiger partial charge in [-0.3, -0.25) is 4.98 Å². The first-order valence-corrected chi connectivity index (χ1v) is 6.59. The summed E-state index contributed by atoms with van der Waals surface area (Å²) in [4.78, 5) is 3.94. The van der Waals surface area contributed by atoms with Crippen molar-refractivity contribution in [2.75, 3.05) is 7.11 Å². The molecule has 0 amide bonds. The number of rotatable bonds is 6. The minimum absolute atomic E-state index is 0.212. The lowest BCUT2D eigenvalue weighted by Gasteiger charge is -2.12. The van der Waals surface area contributed by atoms with Crippen molar-refractivity contribution in [1.29, 1.82) is 0 Å². The summed E-state index contributed by atoms with van der Waals surface area (Å²) in [6, 6.07) is 8.81. The third-order valence-electron chi connectivity index (χ3n) is 3.23. The van der Waals surface area contributed by atoms with Gasteiger partial charge in [-0.2, -0.15) is 0 Å². The predicted octanol–water partition coefficient (Wildman–Crippen LogP) is 2.77. The van der Waals surface area contributed by atoms with E-state index < -0.39 is 11.9 Å². The van der Waals surface area contributed by atoms with Crippen molar-refractivity contribution in [1.82, 2.24) is 4.98 Å². The summed E-state index contributed by atoms with van der Waals surface area (Å²) in [5.74, 6) is -0.179. The number of aryl methyl sites for hydroxylation is 1. The SMILES string of the molecule is COc1cccc(CC(O)CCc2ccncc2)c1F. The number of ether oxygens (including phenoxy) is 1. The maximum atomic E-state index is 14.0. The van der Waals surface area contributed by atoms with Crippen LogP contribution in [0.1, 0.15) is 17.5 Å². The number of aliphatic hydroxyl groups is 1. The van der Waals surface area contributed by atoms with Crippen LogP contribution in [0.5, 0.6) is 5.75 Å². The van der Waals surface area contributed by atoms with Crippen molar-refractivity contribution in [3.05, 3.63) is 59.7 Å². The van der Waals surface area contributed by atoms with Gasteiger partial charge in [-0.15, -0.1) is 0 Å². The highest BCUT2D eigenvalue weighted by atomic mass is 19.1. The van der Waals surface area contributed by atoms with Gasteiger partial charge in [0.2, 0.25) is 0 Å². The highest BCUT2D eigenvalue weighted by molar-refractivity contribution is 5.31. The average molecular weight is 275 g/mol. The Kier molecular flexibility index (Phi) is 5.07. The van der Waals surface area contributed by atoms with Crippen LogP contribution in [-0.2, 0) is 12.8 Å². The van der Waals surface area contributed by atoms with Crippen LogP contribution < -0.4 is 4.74 Å². The van der Waals surface area contributed by atoms with E-state index in [2.05, 4.69) is 4.98 Å². The largest absolute Gasteiger partial charge is 0.494 e. The maximum absolute atomic E-state index is 14.0. The lowest BCUT2D eigenvalue weighted by atomic mass is 10.0. The van der Waals surface area contributed by atoms with Gasteiger partial charge in [0.15, 0.2) is 11.6 Å². The second-order valence-electron chi connectivity index (χ2n) is 4.69. The normalized spacial score (nSPS) is 12.2. The minimum Gasteiger partial charge on any atom is -0.494 e. The molecule has 0 saturated carbocycles. The molecule has 0 saturated heterocycles. The summed E-state index contributed by atoms with van der Waals surface area (Å²) in [5.41, 5.74) is 1.59. The van der Waals surface area contributed by atoms with E-state index in [-0.39, 0.29) is 12.2 Å². The van der Waals surface area contributed by atoms with Crippen LogP contribution in [0.25, 0.3) is 0 Å². The summed E-state index contributed by atoms with van der Waals surface area (Å²) in [5, 5.41) is 10.0. The Labute approximate surface area is 118 Å². The number of aliphatic hydroxyl groups excluding tert-OH is 1. The van der Waals surface area contributed by atoms with Gasteiger partial charge in [-0.05, 0) is 42.2 Å². The molecule has 1 N–H and O–H groups in total. The van der Waals surface area contributed by atoms with E-state index in [1.165, 1.54) is 7.11 Å². The van der Waals surface area contributed by atoms with E-state index in [1.807, 2.05) is 12.1 Å². The molecule has 1 atom stereocenters. The van der Waals surface area contributed by atoms with Gasteiger partial charge >= 0.3 is 0 Å². The van der Waals surface area contributed by atoms with Gasteiger partial charge in [0, 0.05) is 18.8 Å². The van der Waals surface area contributed by atoms with Crippen LogP contribution in [0, 0.1) is 5.82 Å². The zero-order chi connectivity index (χ0) is 14.4. The van der Waals surface area contributed by atoms with E-state index >= 15 is 0 Å². The Morgan fingerprint density at radius 1 is 1.25 bits per heavy atom. The lowest BCUT2D eigenvalue weighted by Crippen LogP contribution is -2.13. The van der Waals surface area contributed by atoms with Crippen LogP contribution >= 0.6 is 0 Å². The van der Waals surface area contributed by atoms with Crippen molar-refractivity contribution < 1.29 is 14.2 Å². The van der Waals surface area contributed by atoms with Crippen LogP contribution in [0.15, 0.2) is 42.7 Å². The number of nitrogens with zero attached hydrogens (tertiary/aromatic N) is 1. The topological polar surface area (TPSA) is 42.4 Å². The molecule has 0 bridgehead atoms. The molecule has 0 radical (unpaired) electrons. The maximum Gasteiger partial charge on any atom is 0.168 e. The van der Waals surface area contributed by atoms with E-state index in [4.69, 9.17) is 4.74 Å². The molecule has 4 heteroatoms. The van der Waals surface area contributed by atoms with Gasteiger partial charge in [-0.25, -0.2) is 4.39 Å². The quantitative estimate of drug-likeness (QED) is 0.881. The molecule has 0 spiro atoms. The van der Waals surface area contributed by atoms with Crippen LogP contribution in [0.3, 0.4) is 0 Å². The fourth-order valence-corrected chi connectivity index (χ4v) is 2.11. The molecule has 1 unspecified atom stereocenters. The Balaban J connectivity index is 1.93. The molecule has 2 aromatic rings. The summed E-state index contributed by atoms with van der Waals surface area (Å²) in [6.45, 7) is 0. The Morgan fingerprint density at radius 3 is 2.70 bits per heavy atom. The number of halogens is 1. The molecule has 0 fully saturated rings. The minimum atomic E-state index is -0.579. The molecule has 1 aromatic carbocycles. The molecule has 3 nitrogen and oxygen atoms in total. The number of pyridine rings is 1. The van der Waals surface area contributed by atoms with Crippen LogP contribution in [0.2, 0.25) is 0 Å². The molecule has 1 heterocycles. The number of hydrogen-bond acceptors (Lipinski definition) is 3. The third-order valence-corrected chi connectivity index (χ3v) is 3.23. The van der Waals surface area contributed by atoms with Crippen LogP contribution in [-0.4, -0.2) is 23.3 Å². The molecule has 106 valence electrons. The summed E-state index contributed by atoms with van der Waals surface area (Å²) >= 11 is 0. The van der Waals surface area contributed by atoms with E-state index in [1.54, 1.807) is 30.6 Å². The number of benzene rings is 1. The lowest BCUT2D eigenvalue weighted by molar-refractivity contribution is 0.163. The van der Waals surface area contributed by atoms with Gasteiger partial charge < -0.3 is 9.84 Å². The van der Waals surface area contributed by atoms with E-state index in [0.717, 1.165) is 12.0 Å². The van der Waals surface area contributed by atoms with Gasteiger partial charge in [-0.1, -0.05) is 12.1 Å². The zero-order valence-electron chi connectivity index (χ0n) is 11.4. The van der Waals surface area contributed by atoms with Gasteiger partial charge in [0.05, 0.1) is 13.2 Å². The van der Waals surface area contributed by atoms with Crippen molar-refractivity contribution in [3.63, 3.8) is 0 Å². The Bertz CT molecular complexity index is 545. The first-order valence-electron chi connectivity index (χ1n) is 6.59.